The van der Waals surface area contributed by atoms with E-state index in [1.807, 2.05) is 6.08 Å². The van der Waals surface area contributed by atoms with Crippen molar-refractivity contribution in [3.8, 4) is 0 Å². The van der Waals surface area contributed by atoms with E-state index in [1.54, 1.807) is 0 Å². The van der Waals surface area contributed by atoms with Gasteiger partial charge in [-0.05, 0) is 38.9 Å². The van der Waals surface area contributed by atoms with Crippen LogP contribution in [0.4, 0.5) is 0 Å². The van der Waals surface area contributed by atoms with E-state index < -0.39 is 0 Å². The molecule has 0 aliphatic carbocycles. The van der Waals surface area contributed by atoms with Crippen LogP contribution in [0.3, 0.4) is 0 Å². The largest absolute Gasteiger partial charge is 0.330 e. The van der Waals surface area contributed by atoms with Crippen LogP contribution in [0.25, 0.3) is 0 Å². The molecular formula is C8H18N2. The molecule has 0 radical (unpaired) electrons. The van der Waals surface area contributed by atoms with Gasteiger partial charge in [-0.3, -0.25) is 0 Å². The summed E-state index contributed by atoms with van der Waals surface area (Å²) in [4.78, 5) is 0. The molecule has 10 heavy (non-hydrogen) atoms. The van der Waals surface area contributed by atoms with Crippen molar-refractivity contribution in [2.75, 3.05) is 19.6 Å². The normalized spacial score (nSPS) is 9.70. The van der Waals surface area contributed by atoms with Gasteiger partial charge in [0.05, 0.1) is 0 Å². The molecule has 0 amide bonds. The first-order valence-corrected chi connectivity index (χ1v) is 3.93. The Labute approximate surface area is 63.5 Å². The van der Waals surface area contributed by atoms with Crippen LogP contribution in [0.15, 0.2) is 12.7 Å². The monoisotopic (exact) mass is 142 g/mol. The van der Waals surface area contributed by atoms with Crippen LogP contribution in [0.2, 0.25) is 0 Å². The summed E-state index contributed by atoms with van der Waals surface area (Å²) >= 11 is 0. The molecule has 0 aromatic heterocycles. The van der Waals surface area contributed by atoms with Gasteiger partial charge in [0, 0.05) is 0 Å². The third kappa shape index (κ3) is 7.66. The van der Waals surface area contributed by atoms with E-state index in [9.17, 15) is 0 Å². The van der Waals surface area contributed by atoms with Gasteiger partial charge >= 0.3 is 0 Å². The Balaban J connectivity index is 2.70. The highest BCUT2D eigenvalue weighted by atomic mass is 14.8. The molecule has 60 valence electrons. The third-order valence-electron chi connectivity index (χ3n) is 1.33. The first-order valence-electron chi connectivity index (χ1n) is 3.93. The average molecular weight is 142 g/mol. The Morgan fingerprint density at radius 1 is 1.30 bits per heavy atom. The van der Waals surface area contributed by atoms with Crippen LogP contribution in [-0.4, -0.2) is 19.6 Å². The number of hydrogen-bond acceptors (Lipinski definition) is 2. The Morgan fingerprint density at radius 2 is 2.10 bits per heavy atom. The molecule has 0 atom stereocenters. The Hall–Kier alpha value is -0.340. The molecule has 0 fully saturated rings. The van der Waals surface area contributed by atoms with Gasteiger partial charge in [0.25, 0.3) is 0 Å². The summed E-state index contributed by atoms with van der Waals surface area (Å²) < 4.78 is 0. The summed E-state index contributed by atoms with van der Waals surface area (Å²) in [6, 6.07) is 0. The second kappa shape index (κ2) is 8.66. The molecule has 2 nitrogen and oxygen atoms in total. The van der Waals surface area contributed by atoms with E-state index in [1.165, 1.54) is 6.42 Å². The molecule has 0 bridgehead atoms. The van der Waals surface area contributed by atoms with Crippen molar-refractivity contribution in [3.63, 3.8) is 0 Å². The minimum atomic E-state index is 0.809. The first kappa shape index (κ1) is 9.66. The summed E-state index contributed by atoms with van der Waals surface area (Å²) in [6.07, 6.45) is 5.30. The molecule has 3 N–H and O–H groups in total. The number of nitrogens with one attached hydrogen (secondary N) is 1. The quantitative estimate of drug-likeness (QED) is 0.409. The molecule has 2 heteroatoms. The smallest absolute Gasteiger partial charge is 0.00144 e. The van der Waals surface area contributed by atoms with Crippen molar-refractivity contribution < 1.29 is 0 Å². The van der Waals surface area contributed by atoms with E-state index in [4.69, 9.17) is 5.73 Å². The molecule has 0 aromatic carbocycles. The summed E-state index contributed by atoms with van der Waals surface area (Å²) in [5.41, 5.74) is 5.33. The molecular weight excluding hydrogens is 124 g/mol. The molecule has 0 aromatic rings. The predicted molar refractivity (Wildman–Crippen MR) is 46.0 cm³/mol. The minimum Gasteiger partial charge on any atom is -0.330 e. The third-order valence-corrected chi connectivity index (χ3v) is 1.33. The zero-order chi connectivity index (χ0) is 7.66. The van der Waals surface area contributed by atoms with Gasteiger partial charge in [0.1, 0.15) is 0 Å². The molecule has 0 aliphatic heterocycles. The van der Waals surface area contributed by atoms with Crippen molar-refractivity contribution in [2.45, 2.75) is 19.3 Å². The van der Waals surface area contributed by atoms with Gasteiger partial charge < -0.3 is 11.1 Å². The zero-order valence-electron chi connectivity index (χ0n) is 6.60. The topological polar surface area (TPSA) is 38.0 Å². The summed E-state index contributed by atoms with van der Waals surface area (Å²) in [6.45, 7) is 6.58. The SMILES string of the molecule is C=CCCNCCCCN. The maximum absolute atomic E-state index is 5.33. The lowest BCUT2D eigenvalue weighted by Gasteiger charge is -2.00. The Morgan fingerprint density at radius 3 is 2.70 bits per heavy atom. The summed E-state index contributed by atoms with van der Waals surface area (Å²) in [5.74, 6) is 0. The first-order chi connectivity index (χ1) is 4.91. The van der Waals surface area contributed by atoms with E-state index in [0.29, 0.717) is 0 Å². The van der Waals surface area contributed by atoms with Crippen LogP contribution in [0.5, 0.6) is 0 Å². The number of unbranched alkanes of at least 4 members (excludes halogenated alkanes) is 1. The fraction of sp³-hybridized carbons (Fsp3) is 0.750. The standard InChI is InChI=1S/C8H18N2/c1-2-3-7-10-8-5-4-6-9/h2,10H,1,3-9H2. The number of hydrogen-bond donors (Lipinski definition) is 2. The molecule has 0 saturated heterocycles. The van der Waals surface area contributed by atoms with E-state index >= 15 is 0 Å². The Bertz CT molecular complexity index is 71.7. The van der Waals surface area contributed by atoms with Crippen LogP contribution < -0.4 is 11.1 Å². The molecule has 0 spiro atoms. The van der Waals surface area contributed by atoms with Gasteiger partial charge in [0.2, 0.25) is 0 Å². The molecule has 0 heterocycles. The second-order valence-corrected chi connectivity index (χ2v) is 2.32. The summed E-state index contributed by atoms with van der Waals surface area (Å²) in [7, 11) is 0. The molecule has 0 rings (SSSR count). The van der Waals surface area contributed by atoms with Gasteiger partial charge in [-0.25, -0.2) is 0 Å². The van der Waals surface area contributed by atoms with E-state index in [-0.39, 0.29) is 0 Å². The van der Waals surface area contributed by atoms with Crippen molar-refractivity contribution in [1.82, 2.24) is 5.32 Å². The predicted octanol–water partition coefficient (Wildman–Crippen LogP) is 0.891. The maximum atomic E-state index is 5.33. The number of rotatable bonds is 7. The fourth-order valence-corrected chi connectivity index (χ4v) is 0.723. The summed E-state index contributed by atoms with van der Waals surface area (Å²) in [5, 5.41) is 3.29. The van der Waals surface area contributed by atoms with Crippen LogP contribution in [0, 0.1) is 0 Å². The Kier molecular flexibility index (Phi) is 8.37. The van der Waals surface area contributed by atoms with Gasteiger partial charge in [-0.15, -0.1) is 6.58 Å². The lowest BCUT2D eigenvalue weighted by molar-refractivity contribution is 0.631. The fourth-order valence-electron chi connectivity index (χ4n) is 0.723. The van der Waals surface area contributed by atoms with Gasteiger partial charge in [-0.2, -0.15) is 0 Å². The minimum absolute atomic E-state index is 0.809. The zero-order valence-corrected chi connectivity index (χ0v) is 6.60. The van der Waals surface area contributed by atoms with Crippen molar-refractivity contribution in [3.05, 3.63) is 12.7 Å². The van der Waals surface area contributed by atoms with Crippen LogP contribution in [0.1, 0.15) is 19.3 Å². The van der Waals surface area contributed by atoms with E-state index in [2.05, 4.69) is 11.9 Å². The average Bonchev–Trinajstić information content (AvgIpc) is 1.97. The molecule has 0 aliphatic rings. The number of nitrogens with two attached hydrogens (primary N) is 1. The van der Waals surface area contributed by atoms with Crippen molar-refractivity contribution in [1.29, 1.82) is 0 Å². The molecule has 0 saturated carbocycles. The van der Waals surface area contributed by atoms with Gasteiger partial charge in [0.15, 0.2) is 0 Å². The van der Waals surface area contributed by atoms with Crippen LogP contribution >= 0.6 is 0 Å². The van der Waals surface area contributed by atoms with Crippen LogP contribution in [-0.2, 0) is 0 Å². The lowest BCUT2D eigenvalue weighted by Crippen LogP contribution is -2.16. The molecule has 0 unspecified atom stereocenters. The highest BCUT2D eigenvalue weighted by molar-refractivity contribution is 4.67. The highest BCUT2D eigenvalue weighted by Crippen LogP contribution is 1.82. The van der Waals surface area contributed by atoms with Crippen molar-refractivity contribution >= 4 is 0 Å². The second-order valence-electron chi connectivity index (χ2n) is 2.32. The highest BCUT2D eigenvalue weighted by Gasteiger charge is 1.84. The van der Waals surface area contributed by atoms with Crippen molar-refractivity contribution in [2.24, 2.45) is 5.73 Å². The maximum Gasteiger partial charge on any atom is -0.00144 e. The van der Waals surface area contributed by atoms with E-state index in [0.717, 1.165) is 32.5 Å². The lowest BCUT2D eigenvalue weighted by atomic mass is 10.3. The van der Waals surface area contributed by atoms with Gasteiger partial charge in [-0.1, -0.05) is 6.08 Å².